The number of ether oxygens (including phenoxy) is 1. The Kier molecular flexibility index (Phi) is 5.76. The molecule has 1 aromatic carbocycles. The topological polar surface area (TPSA) is 64.4 Å². The number of nitrogens with one attached hydrogen (secondary N) is 1. The summed E-state index contributed by atoms with van der Waals surface area (Å²) in [5, 5.41) is 14.0. The van der Waals surface area contributed by atoms with Crippen LogP contribution in [-0.2, 0) is 11.3 Å². The third-order valence-corrected chi connectivity index (χ3v) is 3.08. The van der Waals surface area contributed by atoms with E-state index in [0.717, 1.165) is 5.56 Å². The van der Waals surface area contributed by atoms with Crippen LogP contribution in [0.15, 0.2) is 18.2 Å². The van der Waals surface area contributed by atoms with Crippen LogP contribution in [0.5, 0.6) is 0 Å². The van der Waals surface area contributed by atoms with Gasteiger partial charge in [0.15, 0.2) is 0 Å². The summed E-state index contributed by atoms with van der Waals surface area (Å²) >= 11 is 0. The van der Waals surface area contributed by atoms with Gasteiger partial charge in [0.2, 0.25) is 0 Å². The van der Waals surface area contributed by atoms with E-state index in [1.807, 2.05) is 19.9 Å². The van der Waals surface area contributed by atoms with Crippen LogP contribution < -0.4 is 5.32 Å². The van der Waals surface area contributed by atoms with Crippen LogP contribution >= 0.6 is 0 Å². The lowest BCUT2D eigenvalue weighted by molar-refractivity contribution is -0.384. The highest BCUT2D eigenvalue weighted by molar-refractivity contribution is 5.62. The summed E-state index contributed by atoms with van der Waals surface area (Å²) in [5.74, 6) is 0.427. The molecule has 0 bridgehead atoms. The normalized spacial score (nSPS) is 12.5. The maximum atomic E-state index is 11.0. The maximum Gasteiger partial charge on any atom is 0.292 e. The predicted octanol–water partition coefficient (Wildman–Crippen LogP) is 3.59. The molecular weight excluding hydrogens is 244 g/mol. The molecule has 0 fully saturated rings. The average molecular weight is 266 g/mol. The van der Waals surface area contributed by atoms with E-state index in [4.69, 9.17) is 4.74 Å². The van der Waals surface area contributed by atoms with Gasteiger partial charge in [-0.3, -0.25) is 10.1 Å². The smallest absolute Gasteiger partial charge is 0.292 e. The highest BCUT2D eigenvalue weighted by atomic mass is 16.6. The molecule has 19 heavy (non-hydrogen) atoms. The standard InChI is InChI=1S/C14H22N2O3/c1-5-15-13-7-6-12(8-14(13)16(17)18)9-19-11(4)10(2)3/h6-8,10-11,15H,5,9H2,1-4H3. The van der Waals surface area contributed by atoms with E-state index < -0.39 is 0 Å². The summed E-state index contributed by atoms with van der Waals surface area (Å²) in [5.41, 5.74) is 1.47. The lowest BCUT2D eigenvalue weighted by atomic mass is 10.1. The van der Waals surface area contributed by atoms with E-state index in [2.05, 4.69) is 19.2 Å². The number of benzene rings is 1. The molecule has 5 nitrogen and oxygen atoms in total. The average Bonchev–Trinajstić information content (AvgIpc) is 2.37. The number of rotatable bonds is 7. The number of nitro benzene ring substituents is 1. The predicted molar refractivity (Wildman–Crippen MR) is 76.3 cm³/mol. The van der Waals surface area contributed by atoms with E-state index in [1.165, 1.54) is 0 Å². The third kappa shape index (κ3) is 4.52. The van der Waals surface area contributed by atoms with Gasteiger partial charge in [-0.25, -0.2) is 0 Å². The second-order valence-electron chi connectivity index (χ2n) is 4.90. The first-order valence-electron chi connectivity index (χ1n) is 6.58. The SMILES string of the molecule is CCNc1ccc(COC(C)C(C)C)cc1[N+](=O)[O-]. The van der Waals surface area contributed by atoms with Gasteiger partial charge in [-0.05, 0) is 31.4 Å². The third-order valence-electron chi connectivity index (χ3n) is 3.08. The Morgan fingerprint density at radius 2 is 2.05 bits per heavy atom. The summed E-state index contributed by atoms with van der Waals surface area (Å²) in [6.07, 6.45) is 0.132. The van der Waals surface area contributed by atoms with Gasteiger partial charge in [-0.15, -0.1) is 0 Å². The van der Waals surface area contributed by atoms with E-state index in [9.17, 15) is 10.1 Å². The van der Waals surface area contributed by atoms with Crippen molar-refractivity contribution in [2.45, 2.75) is 40.4 Å². The first-order chi connectivity index (χ1) is 8.95. The van der Waals surface area contributed by atoms with Gasteiger partial charge in [-0.1, -0.05) is 19.9 Å². The van der Waals surface area contributed by atoms with Crippen molar-refractivity contribution >= 4 is 11.4 Å². The first-order valence-corrected chi connectivity index (χ1v) is 6.58. The van der Waals surface area contributed by atoms with Gasteiger partial charge >= 0.3 is 0 Å². The monoisotopic (exact) mass is 266 g/mol. The van der Waals surface area contributed by atoms with Gasteiger partial charge in [-0.2, -0.15) is 0 Å². The molecule has 1 atom stereocenters. The van der Waals surface area contributed by atoms with Crippen molar-refractivity contribution in [2.75, 3.05) is 11.9 Å². The molecule has 0 heterocycles. The van der Waals surface area contributed by atoms with Gasteiger partial charge in [0.05, 0.1) is 17.6 Å². The zero-order valence-corrected chi connectivity index (χ0v) is 12.0. The van der Waals surface area contributed by atoms with Gasteiger partial charge in [0, 0.05) is 12.6 Å². The van der Waals surface area contributed by atoms with E-state index >= 15 is 0 Å². The molecule has 0 saturated heterocycles. The number of hydrogen-bond acceptors (Lipinski definition) is 4. The fourth-order valence-electron chi connectivity index (χ4n) is 1.58. The van der Waals surface area contributed by atoms with Crippen LogP contribution in [0.2, 0.25) is 0 Å². The quantitative estimate of drug-likeness (QED) is 0.605. The van der Waals surface area contributed by atoms with Crippen molar-refractivity contribution < 1.29 is 9.66 Å². The highest BCUT2D eigenvalue weighted by Gasteiger charge is 2.15. The van der Waals surface area contributed by atoms with Gasteiger partial charge in [0.25, 0.3) is 5.69 Å². The molecule has 0 spiro atoms. The van der Waals surface area contributed by atoms with Crippen LogP contribution in [0, 0.1) is 16.0 Å². The van der Waals surface area contributed by atoms with Crippen LogP contribution in [0.4, 0.5) is 11.4 Å². The Hall–Kier alpha value is -1.62. The van der Waals surface area contributed by atoms with Crippen molar-refractivity contribution in [1.29, 1.82) is 0 Å². The molecule has 1 unspecified atom stereocenters. The lowest BCUT2D eigenvalue weighted by Gasteiger charge is -2.16. The van der Waals surface area contributed by atoms with Crippen LogP contribution in [0.25, 0.3) is 0 Å². The molecule has 0 aromatic heterocycles. The van der Waals surface area contributed by atoms with E-state index in [-0.39, 0.29) is 16.7 Å². The van der Waals surface area contributed by atoms with Crippen molar-refractivity contribution in [3.8, 4) is 0 Å². The summed E-state index contributed by atoms with van der Waals surface area (Å²) in [6, 6.07) is 5.17. The molecule has 1 aromatic rings. The summed E-state index contributed by atoms with van der Waals surface area (Å²) in [4.78, 5) is 10.7. The lowest BCUT2D eigenvalue weighted by Crippen LogP contribution is -2.15. The molecular formula is C14H22N2O3. The van der Waals surface area contributed by atoms with E-state index in [1.54, 1.807) is 12.1 Å². The molecule has 0 radical (unpaired) electrons. The minimum absolute atomic E-state index is 0.0974. The number of anilines is 1. The fraction of sp³-hybridized carbons (Fsp3) is 0.571. The molecule has 106 valence electrons. The Balaban J connectivity index is 2.81. The Morgan fingerprint density at radius 1 is 1.37 bits per heavy atom. The Bertz CT molecular complexity index is 433. The number of nitro groups is 1. The summed E-state index contributed by atoms with van der Waals surface area (Å²) in [7, 11) is 0. The number of hydrogen-bond donors (Lipinski definition) is 1. The fourth-order valence-corrected chi connectivity index (χ4v) is 1.58. The maximum absolute atomic E-state index is 11.0. The Morgan fingerprint density at radius 3 is 2.58 bits per heavy atom. The first kappa shape index (κ1) is 15.4. The van der Waals surface area contributed by atoms with Crippen molar-refractivity contribution in [2.24, 2.45) is 5.92 Å². The van der Waals surface area contributed by atoms with Gasteiger partial charge < -0.3 is 10.1 Å². The minimum Gasteiger partial charge on any atom is -0.380 e. The summed E-state index contributed by atoms with van der Waals surface area (Å²) in [6.45, 7) is 9.13. The van der Waals surface area contributed by atoms with Crippen LogP contribution in [-0.4, -0.2) is 17.6 Å². The van der Waals surface area contributed by atoms with Crippen molar-refractivity contribution in [1.82, 2.24) is 0 Å². The molecule has 0 aliphatic rings. The zero-order valence-electron chi connectivity index (χ0n) is 12.0. The molecule has 0 amide bonds. The molecule has 1 N–H and O–H groups in total. The second kappa shape index (κ2) is 7.09. The zero-order chi connectivity index (χ0) is 14.4. The molecule has 0 aliphatic carbocycles. The molecule has 1 rings (SSSR count). The molecule has 5 heteroatoms. The largest absolute Gasteiger partial charge is 0.380 e. The summed E-state index contributed by atoms with van der Waals surface area (Å²) < 4.78 is 5.68. The Labute approximate surface area is 114 Å². The van der Waals surface area contributed by atoms with E-state index in [0.29, 0.717) is 24.8 Å². The molecule has 0 saturated carbocycles. The van der Waals surface area contributed by atoms with Crippen LogP contribution in [0.1, 0.15) is 33.3 Å². The highest BCUT2D eigenvalue weighted by Crippen LogP contribution is 2.26. The van der Waals surface area contributed by atoms with Crippen molar-refractivity contribution in [3.63, 3.8) is 0 Å². The number of nitrogens with zero attached hydrogens (tertiary/aromatic N) is 1. The van der Waals surface area contributed by atoms with Crippen LogP contribution in [0.3, 0.4) is 0 Å². The van der Waals surface area contributed by atoms with Crippen molar-refractivity contribution in [3.05, 3.63) is 33.9 Å². The minimum atomic E-state index is -0.368. The second-order valence-corrected chi connectivity index (χ2v) is 4.90. The van der Waals surface area contributed by atoms with Gasteiger partial charge in [0.1, 0.15) is 5.69 Å². The molecule has 0 aliphatic heterocycles.